The van der Waals surface area contributed by atoms with E-state index in [2.05, 4.69) is 11.1 Å². The Balaban J connectivity index is 2.09. The Morgan fingerprint density at radius 2 is 2.28 bits per heavy atom. The Labute approximate surface area is 105 Å². The quantitative estimate of drug-likeness (QED) is 0.735. The summed E-state index contributed by atoms with van der Waals surface area (Å²) in [4.78, 5) is 14.4. The number of primary amides is 1. The van der Waals surface area contributed by atoms with Crippen molar-refractivity contribution in [3.63, 3.8) is 0 Å². The highest BCUT2D eigenvalue weighted by Crippen LogP contribution is 2.29. The van der Waals surface area contributed by atoms with Crippen LogP contribution in [0.5, 0.6) is 0 Å². The van der Waals surface area contributed by atoms with Crippen molar-refractivity contribution >= 4 is 16.8 Å². The van der Waals surface area contributed by atoms with Gasteiger partial charge in [-0.3, -0.25) is 4.79 Å². The van der Waals surface area contributed by atoms with Crippen LogP contribution in [0.1, 0.15) is 23.2 Å². The van der Waals surface area contributed by atoms with Crippen LogP contribution in [0, 0.1) is 0 Å². The standard InChI is InChI=1S/C14H17N3O/c15-9-2-4-13-11(7-9)10-5-8(6-14(16)18)1-3-12(10)17-13/h1,3,5,9,17H,2,4,6-7,15H2,(H2,16,18). The zero-order valence-corrected chi connectivity index (χ0v) is 10.2. The third kappa shape index (κ3) is 1.88. The molecule has 18 heavy (non-hydrogen) atoms. The molecule has 1 amide bonds. The van der Waals surface area contributed by atoms with Gasteiger partial charge in [0.15, 0.2) is 0 Å². The summed E-state index contributed by atoms with van der Waals surface area (Å²) in [5.74, 6) is -0.296. The van der Waals surface area contributed by atoms with E-state index in [-0.39, 0.29) is 11.9 Å². The summed E-state index contributed by atoms with van der Waals surface area (Å²) in [7, 11) is 0. The van der Waals surface area contributed by atoms with E-state index in [0.29, 0.717) is 6.42 Å². The van der Waals surface area contributed by atoms with Gasteiger partial charge in [0.1, 0.15) is 0 Å². The van der Waals surface area contributed by atoms with Gasteiger partial charge >= 0.3 is 0 Å². The van der Waals surface area contributed by atoms with E-state index in [1.54, 1.807) is 0 Å². The Morgan fingerprint density at radius 1 is 1.44 bits per heavy atom. The number of H-pyrrole nitrogens is 1. The first-order valence-electron chi connectivity index (χ1n) is 6.29. The maximum atomic E-state index is 11.0. The topological polar surface area (TPSA) is 84.9 Å². The lowest BCUT2D eigenvalue weighted by molar-refractivity contribution is -0.117. The molecule has 1 aliphatic carbocycles. The van der Waals surface area contributed by atoms with Crippen LogP contribution in [0.4, 0.5) is 0 Å². The highest BCUT2D eigenvalue weighted by molar-refractivity contribution is 5.87. The average molecular weight is 243 g/mol. The number of aryl methyl sites for hydroxylation is 1. The first-order chi connectivity index (χ1) is 8.63. The molecule has 4 nitrogen and oxygen atoms in total. The predicted molar refractivity (Wildman–Crippen MR) is 71.2 cm³/mol. The van der Waals surface area contributed by atoms with Crippen molar-refractivity contribution in [2.24, 2.45) is 11.5 Å². The minimum Gasteiger partial charge on any atom is -0.369 e. The van der Waals surface area contributed by atoms with Gasteiger partial charge < -0.3 is 16.5 Å². The number of hydrogen-bond donors (Lipinski definition) is 3. The zero-order chi connectivity index (χ0) is 12.7. The number of fused-ring (bicyclic) bond motifs is 3. The smallest absolute Gasteiger partial charge is 0.221 e. The fraction of sp³-hybridized carbons (Fsp3) is 0.357. The largest absolute Gasteiger partial charge is 0.369 e. The van der Waals surface area contributed by atoms with Crippen molar-refractivity contribution in [1.29, 1.82) is 0 Å². The van der Waals surface area contributed by atoms with E-state index in [1.165, 1.54) is 16.6 Å². The molecule has 1 heterocycles. The van der Waals surface area contributed by atoms with E-state index in [4.69, 9.17) is 11.5 Å². The van der Waals surface area contributed by atoms with Crippen molar-refractivity contribution in [2.75, 3.05) is 0 Å². The summed E-state index contributed by atoms with van der Waals surface area (Å²) in [6, 6.07) is 6.29. The first-order valence-corrected chi connectivity index (χ1v) is 6.29. The average Bonchev–Trinajstić information content (AvgIpc) is 2.66. The Bertz CT molecular complexity index is 615. The van der Waals surface area contributed by atoms with Crippen LogP contribution in [0.3, 0.4) is 0 Å². The molecule has 1 aliphatic rings. The summed E-state index contributed by atoms with van der Waals surface area (Å²) in [5.41, 5.74) is 16.0. The molecule has 0 saturated carbocycles. The minimum atomic E-state index is -0.296. The molecule has 0 spiro atoms. The second kappa shape index (κ2) is 4.14. The van der Waals surface area contributed by atoms with Crippen LogP contribution < -0.4 is 11.5 Å². The zero-order valence-electron chi connectivity index (χ0n) is 10.2. The van der Waals surface area contributed by atoms with Crippen LogP contribution >= 0.6 is 0 Å². The van der Waals surface area contributed by atoms with Gasteiger partial charge in [-0.15, -0.1) is 0 Å². The Hall–Kier alpha value is -1.81. The van der Waals surface area contributed by atoms with Crippen LogP contribution in [-0.4, -0.2) is 16.9 Å². The molecule has 1 aromatic carbocycles. The highest BCUT2D eigenvalue weighted by Gasteiger charge is 2.20. The molecule has 4 heteroatoms. The van der Waals surface area contributed by atoms with E-state index < -0.39 is 0 Å². The number of aromatic nitrogens is 1. The van der Waals surface area contributed by atoms with E-state index >= 15 is 0 Å². The number of carbonyl (C=O) groups is 1. The van der Waals surface area contributed by atoms with Crippen LogP contribution in [0.25, 0.3) is 10.9 Å². The van der Waals surface area contributed by atoms with E-state index in [1.807, 2.05) is 12.1 Å². The van der Waals surface area contributed by atoms with Crippen LogP contribution in [0.2, 0.25) is 0 Å². The summed E-state index contributed by atoms with van der Waals surface area (Å²) < 4.78 is 0. The molecule has 94 valence electrons. The van der Waals surface area contributed by atoms with Gasteiger partial charge in [-0.25, -0.2) is 0 Å². The Kier molecular flexibility index (Phi) is 2.59. The van der Waals surface area contributed by atoms with Crippen LogP contribution in [0.15, 0.2) is 18.2 Å². The van der Waals surface area contributed by atoms with Crippen molar-refractivity contribution in [1.82, 2.24) is 4.98 Å². The van der Waals surface area contributed by atoms with Gasteiger partial charge in [-0.1, -0.05) is 6.07 Å². The monoisotopic (exact) mass is 243 g/mol. The second-order valence-electron chi connectivity index (χ2n) is 5.11. The maximum absolute atomic E-state index is 11.0. The van der Waals surface area contributed by atoms with Gasteiger partial charge in [0.25, 0.3) is 0 Å². The third-order valence-electron chi connectivity index (χ3n) is 3.67. The lowest BCUT2D eigenvalue weighted by atomic mass is 9.91. The summed E-state index contributed by atoms with van der Waals surface area (Å²) in [5, 5.41) is 1.19. The van der Waals surface area contributed by atoms with Gasteiger partial charge in [0.2, 0.25) is 5.91 Å². The molecule has 0 bridgehead atoms. The molecular formula is C14H17N3O. The van der Waals surface area contributed by atoms with Gasteiger partial charge in [-0.2, -0.15) is 0 Å². The van der Waals surface area contributed by atoms with Crippen LogP contribution in [-0.2, 0) is 24.1 Å². The van der Waals surface area contributed by atoms with Gasteiger partial charge in [0.05, 0.1) is 6.42 Å². The van der Waals surface area contributed by atoms with Crippen molar-refractivity contribution in [2.45, 2.75) is 31.7 Å². The van der Waals surface area contributed by atoms with Gasteiger partial charge in [0, 0.05) is 22.6 Å². The van der Waals surface area contributed by atoms with E-state index in [9.17, 15) is 4.79 Å². The lowest BCUT2D eigenvalue weighted by Crippen LogP contribution is -2.27. The summed E-state index contributed by atoms with van der Waals surface area (Å²) in [6.07, 6.45) is 3.25. The SMILES string of the molecule is NC(=O)Cc1ccc2[nH]c3c(c2c1)CC(N)CC3. The number of carbonyl (C=O) groups excluding carboxylic acids is 1. The molecule has 0 aliphatic heterocycles. The molecular weight excluding hydrogens is 226 g/mol. The van der Waals surface area contributed by atoms with E-state index in [0.717, 1.165) is 30.3 Å². The number of rotatable bonds is 2. The summed E-state index contributed by atoms with van der Waals surface area (Å²) >= 11 is 0. The number of benzene rings is 1. The number of amides is 1. The lowest BCUT2D eigenvalue weighted by Gasteiger charge is -2.18. The van der Waals surface area contributed by atoms with Crippen molar-refractivity contribution < 1.29 is 4.79 Å². The number of nitrogens with two attached hydrogens (primary N) is 2. The van der Waals surface area contributed by atoms with Gasteiger partial charge in [-0.05, 0) is 42.5 Å². The first kappa shape index (κ1) is 11.3. The number of aromatic amines is 1. The molecule has 5 N–H and O–H groups in total. The maximum Gasteiger partial charge on any atom is 0.221 e. The highest BCUT2D eigenvalue weighted by atomic mass is 16.1. The molecule has 1 atom stereocenters. The number of hydrogen-bond acceptors (Lipinski definition) is 2. The van der Waals surface area contributed by atoms with Crippen molar-refractivity contribution in [3.8, 4) is 0 Å². The fourth-order valence-corrected chi connectivity index (χ4v) is 2.80. The molecule has 2 aromatic rings. The third-order valence-corrected chi connectivity index (χ3v) is 3.67. The molecule has 1 aromatic heterocycles. The second-order valence-corrected chi connectivity index (χ2v) is 5.11. The Morgan fingerprint density at radius 3 is 3.06 bits per heavy atom. The summed E-state index contributed by atoms with van der Waals surface area (Å²) in [6.45, 7) is 0. The normalized spacial score (nSPS) is 18.8. The minimum absolute atomic E-state index is 0.247. The predicted octanol–water partition coefficient (Wildman–Crippen LogP) is 1.01. The molecule has 0 fully saturated rings. The van der Waals surface area contributed by atoms with Crippen molar-refractivity contribution in [3.05, 3.63) is 35.0 Å². The fourth-order valence-electron chi connectivity index (χ4n) is 2.80. The molecule has 3 rings (SSSR count). The molecule has 1 unspecified atom stereocenters. The molecule has 0 saturated heterocycles. The number of nitrogens with one attached hydrogen (secondary N) is 1. The molecule has 0 radical (unpaired) electrons.